The lowest BCUT2D eigenvalue weighted by atomic mass is 9.99. The minimum absolute atomic E-state index is 0.259. The second-order valence-corrected chi connectivity index (χ2v) is 1.60. The number of rotatable bonds is 1. The first-order valence-corrected chi connectivity index (χ1v) is 2.49. The summed E-state index contributed by atoms with van der Waals surface area (Å²) in [7, 11) is 0.413. The van der Waals surface area contributed by atoms with Gasteiger partial charge in [0.15, 0.2) is 0 Å². The van der Waals surface area contributed by atoms with Crippen molar-refractivity contribution in [3.63, 3.8) is 0 Å². The highest BCUT2D eigenvalue weighted by atomic mass is 19.1. The van der Waals surface area contributed by atoms with E-state index >= 15 is 0 Å². The number of hydrogen-bond acceptors (Lipinski definition) is 2. The van der Waals surface area contributed by atoms with Gasteiger partial charge in [0.2, 0.25) is 0 Å². The molecule has 0 aromatic carbocycles. The van der Waals surface area contributed by atoms with E-state index in [1.807, 2.05) is 0 Å². The quantitative estimate of drug-likeness (QED) is 0.528. The van der Waals surface area contributed by atoms with Gasteiger partial charge in [-0.15, -0.1) is 0 Å². The molecule has 0 aliphatic rings. The smallest absolute Gasteiger partial charge is 0.384 e. The molecule has 0 unspecified atom stereocenters. The van der Waals surface area contributed by atoms with Crippen molar-refractivity contribution in [2.75, 3.05) is 5.73 Å². The summed E-state index contributed by atoms with van der Waals surface area (Å²) < 4.78 is 11.7. The molecule has 9 heavy (non-hydrogen) atoms. The average molecular weight is 123 g/mol. The predicted molar refractivity (Wildman–Crippen MR) is 35.1 cm³/mol. The molecule has 1 aromatic heterocycles. The van der Waals surface area contributed by atoms with Gasteiger partial charge in [0.25, 0.3) is 0 Å². The van der Waals surface area contributed by atoms with Crippen molar-refractivity contribution in [1.82, 2.24) is 4.98 Å². The Balaban J connectivity index is 2.94. The molecular weight excluding hydrogens is 118 g/mol. The molecule has 0 saturated carbocycles. The summed E-state index contributed by atoms with van der Waals surface area (Å²) in [4.78, 5) is 3.64. The summed E-state index contributed by atoms with van der Waals surface area (Å²) >= 11 is 0. The molecule has 4 heteroatoms. The van der Waals surface area contributed by atoms with Crippen molar-refractivity contribution < 1.29 is 4.32 Å². The fourth-order valence-electron chi connectivity index (χ4n) is 0.530. The van der Waals surface area contributed by atoms with E-state index in [0.29, 0.717) is 13.4 Å². The first kappa shape index (κ1) is 6.07. The third-order valence-corrected chi connectivity index (χ3v) is 0.904. The second kappa shape index (κ2) is 2.48. The minimum Gasteiger partial charge on any atom is -0.384 e. The van der Waals surface area contributed by atoms with E-state index in [1.165, 1.54) is 6.07 Å². The van der Waals surface area contributed by atoms with Crippen LogP contribution in [0.2, 0.25) is 0 Å². The van der Waals surface area contributed by atoms with Gasteiger partial charge in [-0.25, -0.2) is 4.98 Å². The summed E-state index contributed by atoms with van der Waals surface area (Å²) in [6.45, 7) is 0. The molecule has 0 aliphatic carbocycles. The highest BCUT2D eigenvalue weighted by Gasteiger charge is 1.94. The van der Waals surface area contributed by atoms with E-state index in [1.54, 1.807) is 12.1 Å². The number of anilines is 1. The molecule has 0 bridgehead atoms. The molecular formula is C5H5BFN2. The summed E-state index contributed by atoms with van der Waals surface area (Å²) in [6.07, 6.45) is 0. The predicted octanol–water partition coefficient (Wildman–Crippen LogP) is -0.122. The Kier molecular flexibility index (Phi) is 1.67. The van der Waals surface area contributed by atoms with Gasteiger partial charge >= 0.3 is 7.56 Å². The van der Waals surface area contributed by atoms with Crippen LogP contribution in [0.1, 0.15) is 0 Å². The molecule has 0 amide bonds. The van der Waals surface area contributed by atoms with Crippen molar-refractivity contribution >= 4 is 19.0 Å². The molecule has 2 nitrogen and oxygen atoms in total. The van der Waals surface area contributed by atoms with E-state index < -0.39 is 0 Å². The number of nitrogen functional groups attached to an aromatic ring is 1. The number of halogens is 1. The van der Waals surface area contributed by atoms with E-state index in [2.05, 4.69) is 4.98 Å². The van der Waals surface area contributed by atoms with E-state index in [-0.39, 0.29) is 5.59 Å². The highest BCUT2D eigenvalue weighted by molar-refractivity contribution is 6.44. The van der Waals surface area contributed by atoms with Gasteiger partial charge < -0.3 is 10.0 Å². The van der Waals surface area contributed by atoms with Gasteiger partial charge in [0, 0.05) is 5.59 Å². The maximum absolute atomic E-state index is 11.7. The number of nitrogens with zero attached hydrogens (tertiary/aromatic N) is 1. The second-order valence-electron chi connectivity index (χ2n) is 1.60. The van der Waals surface area contributed by atoms with E-state index in [9.17, 15) is 4.32 Å². The van der Waals surface area contributed by atoms with Crippen LogP contribution in [0.5, 0.6) is 0 Å². The zero-order valence-corrected chi connectivity index (χ0v) is 4.71. The van der Waals surface area contributed by atoms with Crippen molar-refractivity contribution in [1.29, 1.82) is 0 Å². The molecule has 0 spiro atoms. The Bertz CT molecular complexity index is 204. The molecule has 1 aromatic rings. The fraction of sp³-hybridized carbons (Fsp3) is 0. The molecule has 1 rings (SSSR count). The third-order valence-electron chi connectivity index (χ3n) is 0.904. The van der Waals surface area contributed by atoms with Crippen LogP contribution in [0.15, 0.2) is 18.2 Å². The zero-order valence-electron chi connectivity index (χ0n) is 4.71. The Labute approximate surface area is 53.2 Å². The highest BCUT2D eigenvalue weighted by Crippen LogP contribution is 1.88. The van der Waals surface area contributed by atoms with Gasteiger partial charge in [0.1, 0.15) is 5.82 Å². The molecule has 45 valence electrons. The number of nitrogens with two attached hydrogens (primary N) is 1. The Morgan fingerprint density at radius 2 is 2.33 bits per heavy atom. The van der Waals surface area contributed by atoms with Crippen LogP contribution in [0.25, 0.3) is 0 Å². The van der Waals surface area contributed by atoms with Gasteiger partial charge in [-0.2, -0.15) is 0 Å². The molecule has 1 radical (unpaired) electrons. The monoisotopic (exact) mass is 123 g/mol. The first-order chi connectivity index (χ1) is 4.33. The summed E-state index contributed by atoms with van der Waals surface area (Å²) in [5.41, 5.74) is 5.50. The van der Waals surface area contributed by atoms with E-state index in [0.717, 1.165) is 0 Å². The number of aromatic nitrogens is 1. The lowest BCUT2D eigenvalue weighted by Crippen LogP contribution is -2.14. The number of pyridine rings is 1. The standard InChI is InChI=1S/C5H5BFN2/c7-6-4-2-1-3-5(8)9-4/h1-3H,(H2,8,9). The van der Waals surface area contributed by atoms with Crippen LogP contribution < -0.4 is 11.3 Å². The van der Waals surface area contributed by atoms with Gasteiger partial charge in [-0.05, 0) is 12.1 Å². The minimum atomic E-state index is 0.259. The average Bonchev–Trinajstić information content (AvgIpc) is 1.88. The Morgan fingerprint density at radius 1 is 1.56 bits per heavy atom. The molecule has 2 N–H and O–H groups in total. The lowest BCUT2D eigenvalue weighted by Gasteiger charge is -1.91. The first-order valence-electron chi connectivity index (χ1n) is 2.49. The van der Waals surface area contributed by atoms with Gasteiger partial charge in [-0.3, -0.25) is 0 Å². The maximum atomic E-state index is 11.7. The molecule has 0 saturated heterocycles. The van der Waals surface area contributed by atoms with Crippen LogP contribution in [0.3, 0.4) is 0 Å². The van der Waals surface area contributed by atoms with Crippen LogP contribution in [-0.2, 0) is 0 Å². The van der Waals surface area contributed by atoms with Crippen LogP contribution in [-0.4, -0.2) is 12.5 Å². The van der Waals surface area contributed by atoms with Gasteiger partial charge in [-0.1, -0.05) is 6.07 Å². The SMILES string of the molecule is Nc1cccc([B]F)n1. The normalized spacial score (nSPS) is 9.00. The summed E-state index contributed by atoms with van der Waals surface area (Å²) in [5.74, 6) is 0.335. The van der Waals surface area contributed by atoms with Crippen molar-refractivity contribution in [3.8, 4) is 0 Å². The maximum Gasteiger partial charge on any atom is 0.411 e. The molecule has 0 atom stereocenters. The zero-order chi connectivity index (χ0) is 6.69. The molecule has 0 aliphatic heterocycles. The largest absolute Gasteiger partial charge is 0.411 e. The summed E-state index contributed by atoms with van der Waals surface area (Å²) in [6, 6.07) is 4.79. The third kappa shape index (κ3) is 1.42. The Hall–Kier alpha value is -1.06. The van der Waals surface area contributed by atoms with Crippen molar-refractivity contribution in [2.24, 2.45) is 0 Å². The van der Waals surface area contributed by atoms with Crippen molar-refractivity contribution in [3.05, 3.63) is 18.2 Å². The van der Waals surface area contributed by atoms with Crippen LogP contribution >= 0.6 is 0 Å². The van der Waals surface area contributed by atoms with Gasteiger partial charge in [0.05, 0.1) is 0 Å². The Morgan fingerprint density at radius 3 is 2.78 bits per heavy atom. The fourth-order valence-corrected chi connectivity index (χ4v) is 0.530. The molecule has 0 fully saturated rings. The topological polar surface area (TPSA) is 38.9 Å². The van der Waals surface area contributed by atoms with Crippen molar-refractivity contribution in [2.45, 2.75) is 0 Å². The lowest BCUT2D eigenvalue weighted by molar-refractivity contribution is 0.882. The number of hydrogen-bond donors (Lipinski definition) is 1. The van der Waals surface area contributed by atoms with Crippen LogP contribution in [0.4, 0.5) is 10.1 Å². The molecule has 1 heterocycles. The summed E-state index contributed by atoms with van der Waals surface area (Å²) in [5, 5.41) is 0. The van der Waals surface area contributed by atoms with E-state index in [4.69, 9.17) is 5.73 Å². The van der Waals surface area contributed by atoms with Crippen LogP contribution in [0, 0.1) is 0 Å².